The Kier molecular flexibility index (Phi) is 8.00. The first-order chi connectivity index (χ1) is 15.0. The Hall–Kier alpha value is -2.93. The van der Waals surface area contributed by atoms with Gasteiger partial charge in [0.15, 0.2) is 6.61 Å². The molecule has 2 amide bonds. The van der Waals surface area contributed by atoms with Crippen molar-refractivity contribution in [1.29, 1.82) is 0 Å². The van der Waals surface area contributed by atoms with E-state index in [0.717, 1.165) is 28.0 Å². The molecule has 1 aromatic heterocycles. The molecule has 0 aliphatic rings. The fourth-order valence-electron chi connectivity index (χ4n) is 3.39. The van der Waals surface area contributed by atoms with E-state index in [1.54, 1.807) is 23.9 Å². The third kappa shape index (κ3) is 6.04. The van der Waals surface area contributed by atoms with Crippen LogP contribution in [0.15, 0.2) is 59.0 Å². The number of benzene rings is 2. The Balaban J connectivity index is 1.62. The van der Waals surface area contributed by atoms with Gasteiger partial charge in [-0.2, -0.15) is 11.8 Å². The summed E-state index contributed by atoms with van der Waals surface area (Å²) in [4.78, 5) is 25.3. The number of para-hydroxylation sites is 2. The predicted molar refractivity (Wildman–Crippen MR) is 124 cm³/mol. The van der Waals surface area contributed by atoms with E-state index in [0.29, 0.717) is 12.2 Å². The fraction of sp³-hybridized carbons (Fsp3) is 0.333. The number of fused-ring (bicyclic) bond motifs is 1. The van der Waals surface area contributed by atoms with Crippen molar-refractivity contribution in [3.8, 4) is 5.75 Å². The van der Waals surface area contributed by atoms with E-state index in [4.69, 9.17) is 9.15 Å². The van der Waals surface area contributed by atoms with Gasteiger partial charge in [-0.15, -0.1) is 0 Å². The van der Waals surface area contributed by atoms with Crippen LogP contribution in [0.1, 0.15) is 30.7 Å². The standard InChI is InChI=1S/C24H28N2O4S/c1-16-19-11-7-8-12-21(19)30-23(16)17(2)25-24(28)20(13-14-31-3)26-22(27)15-29-18-9-5-4-6-10-18/h4-12,17,20H,13-15H2,1-3H3,(H,25,28)(H,26,27). The van der Waals surface area contributed by atoms with Crippen LogP contribution in [-0.4, -0.2) is 36.5 Å². The van der Waals surface area contributed by atoms with E-state index in [9.17, 15) is 9.59 Å². The highest BCUT2D eigenvalue weighted by Gasteiger charge is 2.25. The molecule has 1 heterocycles. The Labute approximate surface area is 186 Å². The molecular formula is C24H28N2O4S. The van der Waals surface area contributed by atoms with Crippen molar-refractivity contribution in [2.75, 3.05) is 18.6 Å². The molecule has 2 aromatic carbocycles. The molecule has 0 spiro atoms. The maximum atomic E-state index is 13.0. The van der Waals surface area contributed by atoms with Crippen LogP contribution in [0.2, 0.25) is 0 Å². The molecule has 0 bridgehead atoms. The number of nitrogens with one attached hydrogen (secondary N) is 2. The van der Waals surface area contributed by atoms with Gasteiger partial charge in [-0.1, -0.05) is 36.4 Å². The Bertz CT molecular complexity index is 1020. The number of hydrogen-bond acceptors (Lipinski definition) is 5. The van der Waals surface area contributed by atoms with Gasteiger partial charge in [0.05, 0.1) is 6.04 Å². The monoisotopic (exact) mass is 440 g/mol. The summed E-state index contributed by atoms with van der Waals surface area (Å²) in [7, 11) is 0. The normalized spacial score (nSPS) is 12.9. The molecule has 0 aliphatic heterocycles. The molecule has 164 valence electrons. The van der Waals surface area contributed by atoms with Gasteiger partial charge >= 0.3 is 0 Å². The number of aryl methyl sites for hydroxylation is 1. The summed E-state index contributed by atoms with van der Waals surface area (Å²) >= 11 is 1.62. The molecule has 0 saturated carbocycles. The van der Waals surface area contributed by atoms with E-state index in [1.165, 1.54) is 0 Å². The van der Waals surface area contributed by atoms with Crippen LogP contribution in [0.5, 0.6) is 5.75 Å². The second-order valence-electron chi connectivity index (χ2n) is 7.32. The second-order valence-corrected chi connectivity index (χ2v) is 8.31. The van der Waals surface area contributed by atoms with Crippen LogP contribution in [0.25, 0.3) is 11.0 Å². The molecule has 7 heteroatoms. The maximum Gasteiger partial charge on any atom is 0.258 e. The van der Waals surface area contributed by atoms with Crippen molar-refractivity contribution in [2.24, 2.45) is 0 Å². The van der Waals surface area contributed by atoms with Crippen molar-refractivity contribution < 1.29 is 18.7 Å². The SMILES string of the molecule is CSCCC(NC(=O)COc1ccccc1)C(=O)NC(C)c1oc2ccccc2c1C. The minimum atomic E-state index is -0.647. The summed E-state index contributed by atoms with van der Waals surface area (Å²) in [5, 5.41) is 6.82. The quantitative estimate of drug-likeness (QED) is 0.493. The maximum absolute atomic E-state index is 13.0. The molecule has 2 atom stereocenters. The molecule has 0 aliphatic carbocycles. The minimum absolute atomic E-state index is 0.148. The Morgan fingerprint density at radius 2 is 1.77 bits per heavy atom. The number of amides is 2. The molecular weight excluding hydrogens is 412 g/mol. The fourth-order valence-corrected chi connectivity index (χ4v) is 3.86. The number of rotatable bonds is 10. The summed E-state index contributed by atoms with van der Waals surface area (Å²) in [5.74, 6) is 1.50. The minimum Gasteiger partial charge on any atom is -0.484 e. The summed E-state index contributed by atoms with van der Waals surface area (Å²) in [5.41, 5.74) is 1.80. The van der Waals surface area contributed by atoms with Crippen LogP contribution in [0.4, 0.5) is 0 Å². The zero-order valence-corrected chi connectivity index (χ0v) is 18.8. The Morgan fingerprint density at radius 3 is 2.48 bits per heavy atom. The first-order valence-corrected chi connectivity index (χ1v) is 11.6. The lowest BCUT2D eigenvalue weighted by Gasteiger charge is -2.21. The van der Waals surface area contributed by atoms with Crippen molar-refractivity contribution in [1.82, 2.24) is 10.6 Å². The predicted octanol–water partition coefficient (Wildman–Crippen LogP) is 4.24. The summed E-state index contributed by atoms with van der Waals surface area (Å²) < 4.78 is 11.5. The third-order valence-electron chi connectivity index (χ3n) is 5.01. The largest absolute Gasteiger partial charge is 0.484 e. The van der Waals surface area contributed by atoms with E-state index in [2.05, 4.69) is 10.6 Å². The number of furan rings is 1. The number of carbonyl (C=O) groups is 2. The zero-order valence-electron chi connectivity index (χ0n) is 18.0. The number of hydrogen-bond donors (Lipinski definition) is 2. The van der Waals surface area contributed by atoms with Gasteiger partial charge in [0, 0.05) is 10.9 Å². The van der Waals surface area contributed by atoms with Crippen molar-refractivity contribution in [3.05, 3.63) is 65.9 Å². The van der Waals surface area contributed by atoms with Gasteiger partial charge in [0.1, 0.15) is 23.1 Å². The lowest BCUT2D eigenvalue weighted by Crippen LogP contribution is -2.48. The topological polar surface area (TPSA) is 80.6 Å². The second kappa shape index (κ2) is 10.9. The lowest BCUT2D eigenvalue weighted by molar-refractivity contribution is -0.130. The van der Waals surface area contributed by atoms with Crippen molar-refractivity contribution in [2.45, 2.75) is 32.4 Å². The van der Waals surface area contributed by atoms with E-state index < -0.39 is 6.04 Å². The highest BCUT2D eigenvalue weighted by molar-refractivity contribution is 7.98. The Morgan fingerprint density at radius 1 is 1.06 bits per heavy atom. The molecule has 31 heavy (non-hydrogen) atoms. The van der Waals surface area contributed by atoms with Gasteiger partial charge in [0.2, 0.25) is 5.91 Å². The van der Waals surface area contributed by atoms with E-state index in [1.807, 2.05) is 62.6 Å². The van der Waals surface area contributed by atoms with Crippen LogP contribution in [0, 0.1) is 6.92 Å². The molecule has 0 fully saturated rings. The number of carbonyl (C=O) groups excluding carboxylic acids is 2. The first-order valence-electron chi connectivity index (χ1n) is 10.2. The van der Waals surface area contributed by atoms with E-state index in [-0.39, 0.29) is 24.5 Å². The van der Waals surface area contributed by atoms with Crippen LogP contribution in [0.3, 0.4) is 0 Å². The lowest BCUT2D eigenvalue weighted by atomic mass is 10.1. The van der Waals surface area contributed by atoms with Crippen LogP contribution >= 0.6 is 11.8 Å². The van der Waals surface area contributed by atoms with Gasteiger partial charge in [-0.25, -0.2) is 0 Å². The molecule has 2 N–H and O–H groups in total. The number of thioether (sulfide) groups is 1. The molecule has 0 radical (unpaired) electrons. The number of ether oxygens (including phenoxy) is 1. The molecule has 6 nitrogen and oxygen atoms in total. The van der Waals surface area contributed by atoms with Gasteiger partial charge in [-0.3, -0.25) is 9.59 Å². The summed E-state index contributed by atoms with van der Waals surface area (Å²) in [6.07, 6.45) is 2.49. The van der Waals surface area contributed by atoms with Crippen molar-refractivity contribution in [3.63, 3.8) is 0 Å². The highest BCUT2D eigenvalue weighted by Crippen LogP contribution is 2.29. The zero-order chi connectivity index (χ0) is 22.2. The first kappa shape index (κ1) is 22.7. The van der Waals surface area contributed by atoms with Gasteiger partial charge < -0.3 is 19.8 Å². The molecule has 2 unspecified atom stereocenters. The average molecular weight is 441 g/mol. The smallest absolute Gasteiger partial charge is 0.258 e. The van der Waals surface area contributed by atoms with E-state index >= 15 is 0 Å². The third-order valence-corrected chi connectivity index (χ3v) is 5.65. The summed E-state index contributed by atoms with van der Waals surface area (Å²) in [6.45, 7) is 3.72. The van der Waals surface area contributed by atoms with Crippen LogP contribution in [-0.2, 0) is 9.59 Å². The highest BCUT2D eigenvalue weighted by atomic mass is 32.2. The van der Waals surface area contributed by atoms with Crippen LogP contribution < -0.4 is 15.4 Å². The molecule has 3 rings (SSSR count). The van der Waals surface area contributed by atoms with Gasteiger partial charge in [-0.05, 0) is 50.5 Å². The summed E-state index contributed by atoms with van der Waals surface area (Å²) in [6, 6.07) is 15.9. The molecule has 3 aromatic rings. The van der Waals surface area contributed by atoms with Crippen molar-refractivity contribution >= 4 is 34.5 Å². The van der Waals surface area contributed by atoms with Gasteiger partial charge in [0.25, 0.3) is 5.91 Å². The molecule has 0 saturated heterocycles. The average Bonchev–Trinajstić information content (AvgIpc) is 3.12.